The molecule has 1 unspecified atom stereocenters. The van der Waals surface area contributed by atoms with Crippen LogP contribution in [0.1, 0.15) is 33.1 Å². The largest absolute Gasteiger partial charge is 0.332 e. The number of piperidine rings is 1. The van der Waals surface area contributed by atoms with Crippen molar-refractivity contribution in [2.45, 2.75) is 39.2 Å². The highest BCUT2D eigenvalue weighted by Gasteiger charge is 2.38. The Bertz CT molecular complexity index is 374. The minimum Gasteiger partial charge on any atom is -0.306 e. The Morgan fingerprint density at radius 3 is 2.83 bits per heavy atom. The van der Waals surface area contributed by atoms with Crippen molar-refractivity contribution in [3.8, 4) is 0 Å². The maximum atomic E-state index is 12.1. The van der Waals surface area contributed by atoms with Gasteiger partial charge < -0.3 is 5.32 Å². The molecule has 8 heteroatoms. The summed E-state index contributed by atoms with van der Waals surface area (Å²) in [5, 5.41) is 5.26. The molecule has 2 atom stereocenters. The lowest BCUT2D eigenvalue weighted by molar-refractivity contribution is -0.130. The summed E-state index contributed by atoms with van der Waals surface area (Å²) in [5.74, 6) is -0.799. The van der Waals surface area contributed by atoms with Crippen molar-refractivity contribution in [1.82, 2.24) is 15.1 Å². The van der Waals surface area contributed by atoms with Crippen molar-refractivity contribution in [3.63, 3.8) is 0 Å². The number of nitrogens with zero attached hydrogens (tertiary/aromatic N) is 1. The molecule has 7 nitrogen and oxygen atoms in total. The minimum absolute atomic E-state index is 0.297. The highest BCUT2D eigenvalue weighted by molar-refractivity contribution is 7.58. The van der Waals surface area contributed by atoms with Gasteiger partial charge in [-0.25, -0.2) is 5.50 Å². The van der Waals surface area contributed by atoms with Crippen LogP contribution in [0.3, 0.4) is 0 Å². The number of amides is 2. The van der Waals surface area contributed by atoms with E-state index in [0.717, 1.165) is 17.6 Å². The molecule has 0 saturated carbocycles. The molecule has 1 heterocycles. The van der Waals surface area contributed by atoms with E-state index in [0.29, 0.717) is 19.4 Å². The molecule has 1 rings (SSSR count). The first-order chi connectivity index (χ1) is 8.38. The number of hydrogen-bond acceptors (Lipinski definition) is 4. The highest BCUT2D eigenvalue weighted by atomic mass is 31.2. The fourth-order valence-corrected chi connectivity index (χ4v) is 3.39. The Morgan fingerprint density at radius 2 is 2.28 bits per heavy atom. The maximum Gasteiger partial charge on any atom is 0.332 e. The van der Waals surface area contributed by atoms with Gasteiger partial charge in [0.15, 0.2) is 0 Å². The molecule has 1 aliphatic rings. The summed E-state index contributed by atoms with van der Waals surface area (Å²) in [5.41, 5.74) is 5.57. The predicted octanol–water partition coefficient (Wildman–Crippen LogP) is 0.180. The van der Waals surface area contributed by atoms with Gasteiger partial charge in [0.2, 0.25) is 11.8 Å². The van der Waals surface area contributed by atoms with Gasteiger partial charge in [-0.1, -0.05) is 6.92 Å². The van der Waals surface area contributed by atoms with E-state index in [9.17, 15) is 14.2 Å². The van der Waals surface area contributed by atoms with Crippen LogP contribution in [0, 0.1) is 0 Å². The molecule has 1 aliphatic heterocycles. The van der Waals surface area contributed by atoms with Gasteiger partial charge in [-0.2, -0.15) is 0 Å². The Hall–Kier alpha value is -0.910. The topological polar surface area (TPSA) is 105 Å². The summed E-state index contributed by atoms with van der Waals surface area (Å²) >= 11 is 0. The van der Waals surface area contributed by atoms with Gasteiger partial charge in [-0.15, -0.1) is 0 Å². The van der Waals surface area contributed by atoms with Gasteiger partial charge in [-0.3, -0.25) is 23.9 Å². The van der Waals surface area contributed by atoms with Crippen molar-refractivity contribution < 1.29 is 14.2 Å². The van der Waals surface area contributed by atoms with Crippen molar-refractivity contribution >= 4 is 19.4 Å². The van der Waals surface area contributed by atoms with E-state index in [1.807, 2.05) is 6.92 Å². The van der Waals surface area contributed by atoms with E-state index in [-0.39, 0.29) is 11.9 Å². The standard InChI is InChI=1S/C10H21N4O3P/c1-3-6-12-9-5-4-7-14(10(9)16)18(11,17)13-8(2)15/h9,12H,3-7H2,1-2H3,(H3,11,13,15,17)/t9-,18?/m0/s1. The first kappa shape index (κ1) is 15.1. The molecule has 0 aromatic carbocycles. The number of carbonyl (C=O) groups is 2. The van der Waals surface area contributed by atoms with Gasteiger partial charge in [-0.05, 0) is 25.8 Å². The average Bonchev–Trinajstić information content (AvgIpc) is 2.25. The van der Waals surface area contributed by atoms with Crippen molar-refractivity contribution in [3.05, 3.63) is 0 Å². The second kappa shape index (κ2) is 6.31. The molecule has 1 saturated heterocycles. The van der Waals surface area contributed by atoms with E-state index < -0.39 is 13.5 Å². The first-order valence-corrected chi connectivity index (χ1v) is 7.84. The van der Waals surface area contributed by atoms with E-state index in [1.165, 1.54) is 6.92 Å². The predicted molar refractivity (Wildman–Crippen MR) is 68.6 cm³/mol. The number of rotatable bonds is 5. The van der Waals surface area contributed by atoms with Gasteiger partial charge in [0, 0.05) is 13.5 Å². The van der Waals surface area contributed by atoms with Crippen LogP contribution in [-0.4, -0.2) is 35.6 Å². The molecule has 0 spiro atoms. The third-order valence-corrected chi connectivity index (χ3v) is 4.48. The molecule has 0 aliphatic carbocycles. The van der Waals surface area contributed by atoms with Crippen LogP contribution in [0.2, 0.25) is 0 Å². The van der Waals surface area contributed by atoms with E-state index >= 15 is 0 Å². The number of carbonyl (C=O) groups excluding carboxylic acids is 2. The Balaban J connectivity index is 2.73. The van der Waals surface area contributed by atoms with E-state index in [4.69, 9.17) is 5.50 Å². The second-order valence-corrected chi connectivity index (χ2v) is 6.35. The lowest BCUT2D eigenvalue weighted by Gasteiger charge is -2.35. The van der Waals surface area contributed by atoms with Gasteiger partial charge in [0.25, 0.3) is 0 Å². The van der Waals surface area contributed by atoms with Crippen LogP contribution < -0.4 is 15.9 Å². The SMILES string of the molecule is CCCN[C@H]1CCCN(P(N)(=O)NC(C)=O)C1=O. The van der Waals surface area contributed by atoms with Crippen LogP contribution in [0.5, 0.6) is 0 Å². The number of nitrogens with two attached hydrogens (primary N) is 1. The van der Waals surface area contributed by atoms with Crippen LogP contribution in [-0.2, 0) is 14.2 Å². The summed E-state index contributed by atoms with van der Waals surface area (Å²) in [6, 6.07) is -0.357. The molecule has 0 aromatic rings. The normalized spacial score (nSPS) is 23.6. The second-order valence-electron chi connectivity index (χ2n) is 4.40. The van der Waals surface area contributed by atoms with E-state index in [2.05, 4.69) is 10.4 Å². The number of nitrogens with one attached hydrogen (secondary N) is 2. The average molecular weight is 276 g/mol. The fraction of sp³-hybridized carbons (Fsp3) is 0.800. The van der Waals surface area contributed by atoms with Crippen LogP contribution >= 0.6 is 7.59 Å². The molecular formula is C10H21N4O3P. The smallest absolute Gasteiger partial charge is 0.306 e. The van der Waals surface area contributed by atoms with Crippen molar-refractivity contribution in [1.29, 1.82) is 0 Å². The van der Waals surface area contributed by atoms with Crippen LogP contribution in [0.25, 0.3) is 0 Å². The summed E-state index contributed by atoms with van der Waals surface area (Å²) < 4.78 is 13.2. The zero-order chi connectivity index (χ0) is 13.8. The molecule has 18 heavy (non-hydrogen) atoms. The van der Waals surface area contributed by atoms with E-state index in [1.54, 1.807) is 0 Å². The summed E-state index contributed by atoms with van der Waals surface area (Å²) in [6.45, 7) is 4.26. The van der Waals surface area contributed by atoms with Crippen LogP contribution in [0.4, 0.5) is 0 Å². The molecule has 104 valence electrons. The molecule has 2 amide bonds. The third-order valence-electron chi connectivity index (χ3n) is 2.73. The Labute approximate surface area is 107 Å². The zero-order valence-electron chi connectivity index (χ0n) is 10.8. The molecule has 1 fully saturated rings. The Kier molecular flexibility index (Phi) is 5.31. The lowest BCUT2D eigenvalue weighted by Crippen LogP contribution is -2.52. The molecule has 0 aromatic heterocycles. The lowest BCUT2D eigenvalue weighted by atomic mass is 10.1. The monoisotopic (exact) mass is 276 g/mol. The summed E-state index contributed by atoms with van der Waals surface area (Å²) in [7, 11) is -3.61. The van der Waals surface area contributed by atoms with Crippen molar-refractivity contribution in [2.75, 3.05) is 13.1 Å². The molecule has 0 bridgehead atoms. The zero-order valence-corrected chi connectivity index (χ0v) is 11.7. The minimum atomic E-state index is -3.61. The summed E-state index contributed by atoms with van der Waals surface area (Å²) in [4.78, 5) is 23.1. The van der Waals surface area contributed by atoms with Gasteiger partial charge >= 0.3 is 7.59 Å². The number of hydrogen-bond donors (Lipinski definition) is 3. The van der Waals surface area contributed by atoms with Crippen molar-refractivity contribution in [2.24, 2.45) is 5.50 Å². The third kappa shape index (κ3) is 3.80. The molecular weight excluding hydrogens is 255 g/mol. The highest BCUT2D eigenvalue weighted by Crippen LogP contribution is 2.39. The quantitative estimate of drug-likeness (QED) is 0.621. The molecule has 0 radical (unpaired) electrons. The maximum absolute atomic E-state index is 12.1. The van der Waals surface area contributed by atoms with Crippen LogP contribution in [0.15, 0.2) is 0 Å². The Morgan fingerprint density at radius 1 is 1.61 bits per heavy atom. The first-order valence-electron chi connectivity index (χ1n) is 6.11. The van der Waals surface area contributed by atoms with Gasteiger partial charge in [0.1, 0.15) is 0 Å². The molecule has 4 N–H and O–H groups in total. The fourth-order valence-electron chi connectivity index (χ4n) is 1.95. The van der Waals surface area contributed by atoms with Gasteiger partial charge in [0.05, 0.1) is 6.04 Å². The summed E-state index contributed by atoms with van der Waals surface area (Å²) in [6.07, 6.45) is 2.33.